The van der Waals surface area contributed by atoms with E-state index in [1.165, 1.54) is 9.80 Å². The van der Waals surface area contributed by atoms with E-state index in [-0.39, 0.29) is 49.1 Å². The van der Waals surface area contributed by atoms with Crippen molar-refractivity contribution in [3.05, 3.63) is 76.0 Å². The summed E-state index contributed by atoms with van der Waals surface area (Å²) in [6, 6.07) is 14.1. The molecule has 2 aromatic carbocycles. The Balaban J connectivity index is 1.72. The Kier molecular flexibility index (Phi) is 7.18. The molecule has 10 heteroatoms. The van der Waals surface area contributed by atoms with Gasteiger partial charge in [-0.05, 0) is 32.0 Å². The second-order valence-corrected chi connectivity index (χ2v) is 8.67. The van der Waals surface area contributed by atoms with Crippen molar-refractivity contribution in [1.29, 1.82) is 0 Å². The highest BCUT2D eigenvalue weighted by Gasteiger charge is 2.44. The summed E-state index contributed by atoms with van der Waals surface area (Å²) in [5, 5.41) is 7.18. The number of halogens is 1. The van der Waals surface area contributed by atoms with Gasteiger partial charge in [-0.2, -0.15) is 0 Å². The Morgan fingerprint density at radius 3 is 2.49 bits per heavy atom. The van der Waals surface area contributed by atoms with Crippen LogP contribution in [0.3, 0.4) is 0 Å². The standard InChI is InChI=1S/C25H26ClN5O4/c1-15-6-5-7-17(14-15)24(33)30-12-13-31(23(30)22(32)28-11-10-27)25(34)20-16(2)35-29-21(20)18-8-3-4-9-19(18)26/h3-9,14,23H,10-13,27H2,1-2H3,(H,28,32). The number of aryl methyl sites for hydroxylation is 2. The smallest absolute Gasteiger partial charge is 0.263 e. The normalized spacial score (nSPS) is 15.4. The van der Waals surface area contributed by atoms with Crippen LogP contribution >= 0.6 is 11.6 Å². The molecule has 0 radical (unpaired) electrons. The van der Waals surface area contributed by atoms with E-state index in [0.717, 1.165) is 5.56 Å². The number of nitrogens with zero attached hydrogens (tertiary/aromatic N) is 3. The van der Waals surface area contributed by atoms with Crippen molar-refractivity contribution in [1.82, 2.24) is 20.3 Å². The van der Waals surface area contributed by atoms with Crippen molar-refractivity contribution in [2.24, 2.45) is 5.73 Å². The Morgan fingerprint density at radius 2 is 1.80 bits per heavy atom. The molecule has 3 N–H and O–H groups in total. The fourth-order valence-corrected chi connectivity index (χ4v) is 4.40. The van der Waals surface area contributed by atoms with E-state index in [9.17, 15) is 14.4 Å². The van der Waals surface area contributed by atoms with Gasteiger partial charge in [0.15, 0.2) is 6.17 Å². The van der Waals surface area contributed by atoms with Gasteiger partial charge in [-0.15, -0.1) is 0 Å². The summed E-state index contributed by atoms with van der Waals surface area (Å²) in [6.07, 6.45) is -1.16. The molecule has 1 saturated heterocycles. The van der Waals surface area contributed by atoms with Gasteiger partial charge < -0.3 is 25.4 Å². The van der Waals surface area contributed by atoms with Crippen LogP contribution in [0.5, 0.6) is 0 Å². The summed E-state index contributed by atoms with van der Waals surface area (Å²) in [4.78, 5) is 43.1. The van der Waals surface area contributed by atoms with Gasteiger partial charge in [-0.1, -0.05) is 52.7 Å². The largest absolute Gasteiger partial charge is 0.360 e. The first-order valence-corrected chi connectivity index (χ1v) is 11.6. The minimum absolute atomic E-state index is 0.156. The molecule has 0 saturated carbocycles. The van der Waals surface area contributed by atoms with Crippen LogP contribution in [-0.2, 0) is 4.79 Å². The maximum atomic E-state index is 13.8. The van der Waals surface area contributed by atoms with Crippen molar-refractivity contribution in [3.63, 3.8) is 0 Å². The van der Waals surface area contributed by atoms with Gasteiger partial charge in [0.1, 0.15) is 17.0 Å². The summed E-state index contributed by atoms with van der Waals surface area (Å²) in [6.45, 7) is 4.28. The zero-order valence-corrected chi connectivity index (χ0v) is 20.2. The van der Waals surface area contributed by atoms with Gasteiger partial charge in [-0.25, -0.2) is 0 Å². The lowest BCUT2D eigenvalue weighted by molar-refractivity contribution is -0.128. The molecule has 0 aliphatic carbocycles. The van der Waals surface area contributed by atoms with Crippen molar-refractivity contribution >= 4 is 29.3 Å². The number of carbonyl (C=O) groups excluding carboxylic acids is 3. The molecule has 1 fully saturated rings. The molecule has 3 aromatic rings. The number of benzene rings is 2. The van der Waals surface area contributed by atoms with E-state index in [2.05, 4.69) is 10.5 Å². The third kappa shape index (κ3) is 4.78. The van der Waals surface area contributed by atoms with Crippen molar-refractivity contribution in [3.8, 4) is 11.3 Å². The molecule has 1 aliphatic rings. The van der Waals surface area contributed by atoms with Crippen molar-refractivity contribution < 1.29 is 18.9 Å². The van der Waals surface area contributed by atoms with Crippen LogP contribution in [0.25, 0.3) is 11.3 Å². The molecule has 1 aromatic heterocycles. The zero-order valence-electron chi connectivity index (χ0n) is 19.5. The highest BCUT2D eigenvalue weighted by molar-refractivity contribution is 6.33. The van der Waals surface area contributed by atoms with E-state index in [1.807, 2.05) is 13.0 Å². The second kappa shape index (κ2) is 10.3. The molecule has 182 valence electrons. The van der Waals surface area contributed by atoms with Crippen LogP contribution in [0.15, 0.2) is 53.1 Å². The molecule has 4 rings (SSSR count). The molecule has 3 amide bonds. The SMILES string of the molecule is Cc1cccc(C(=O)N2CCN(C(=O)c3c(-c4ccccc4Cl)noc3C)C2C(=O)NCCN)c1. The zero-order chi connectivity index (χ0) is 25.1. The molecule has 1 unspecified atom stereocenters. The van der Waals surface area contributed by atoms with Crippen LogP contribution in [-0.4, -0.2) is 65.0 Å². The van der Waals surface area contributed by atoms with E-state index >= 15 is 0 Å². The fourth-order valence-electron chi connectivity index (χ4n) is 4.17. The lowest BCUT2D eigenvalue weighted by Crippen LogP contribution is -2.54. The number of nitrogens with two attached hydrogens (primary N) is 1. The number of rotatable bonds is 6. The van der Waals surface area contributed by atoms with Gasteiger partial charge in [0.2, 0.25) is 0 Å². The summed E-state index contributed by atoms with van der Waals surface area (Å²) >= 11 is 6.35. The Hall–Kier alpha value is -3.69. The van der Waals surface area contributed by atoms with Crippen molar-refractivity contribution in [2.75, 3.05) is 26.2 Å². The number of hydrogen-bond acceptors (Lipinski definition) is 6. The van der Waals surface area contributed by atoms with Gasteiger partial charge >= 0.3 is 0 Å². The second-order valence-electron chi connectivity index (χ2n) is 8.26. The average molecular weight is 496 g/mol. The maximum Gasteiger partial charge on any atom is 0.263 e. The van der Waals surface area contributed by atoms with Gasteiger partial charge in [0.25, 0.3) is 17.7 Å². The Morgan fingerprint density at radius 1 is 1.09 bits per heavy atom. The number of nitrogens with one attached hydrogen (secondary N) is 1. The monoisotopic (exact) mass is 495 g/mol. The molecular formula is C25H26ClN5O4. The molecule has 35 heavy (non-hydrogen) atoms. The van der Waals surface area contributed by atoms with E-state index in [4.69, 9.17) is 21.9 Å². The van der Waals surface area contributed by atoms with Crippen LogP contribution in [0.2, 0.25) is 5.02 Å². The predicted octanol–water partition coefficient (Wildman–Crippen LogP) is 2.61. The molecule has 2 heterocycles. The molecular weight excluding hydrogens is 470 g/mol. The summed E-state index contributed by atoms with van der Waals surface area (Å²) in [5.74, 6) is -1.03. The van der Waals surface area contributed by atoms with Crippen molar-refractivity contribution in [2.45, 2.75) is 20.0 Å². The quantitative estimate of drug-likeness (QED) is 0.542. The lowest BCUT2D eigenvalue weighted by Gasteiger charge is -2.29. The number of aromatic nitrogens is 1. The minimum Gasteiger partial charge on any atom is -0.360 e. The van der Waals surface area contributed by atoms with Gasteiger partial charge in [0, 0.05) is 37.3 Å². The molecule has 0 bridgehead atoms. The van der Waals surface area contributed by atoms with Crippen LogP contribution < -0.4 is 11.1 Å². The molecule has 0 spiro atoms. The first-order valence-electron chi connectivity index (χ1n) is 11.2. The van der Waals surface area contributed by atoms with E-state index < -0.39 is 18.0 Å². The summed E-state index contributed by atoms with van der Waals surface area (Å²) < 4.78 is 5.35. The topological polar surface area (TPSA) is 122 Å². The first-order chi connectivity index (χ1) is 16.8. The number of carbonyl (C=O) groups is 3. The third-order valence-corrected chi connectivity index (χ3v) is 6.17. The Bertz CT molecular complexity index is 1270. The van der Waals surface area contributed by atoms with Gasteiger partial charge in [-0.3, -0.25) is 14.4 Å². The summed E-state index contributed by atoms with van der Waals surface area (Å²) in [5.41, 5.74) is 7.92. The minimum atomic E-state index is -1.16. The Labute approximate surface area is 207 Å². The number of amides is 3. The van der Waals surface area contributed by atoms with E-state index in [1.54, 1.807) is 49.4 Å². The average Bonchev–Trinajstić information content (AvgIpc) is 3.46. The lowest BCUT2D eigenvalue weighted by atomic mass is 10.0. The molecule has 9 nitrogen and oxygen atoms in total. The fraction of sp³-hybridized carbons (Fsp3) is 0.280. The highest BCUT2D eigenvalue weighted by atomic mass is 35.5. The van der Waals surface area contributed by atoms with Crippen LogP contribution in [0.1, 0.15) is 32.0 Å². The molecule has 1 atom stereocenters. The van der Waals surface area contributed by atoms with Crippen LogP contribution in [0, 0.1) is 13.8 Å². The van der Waals surface area contributed by atoms with Crippen LogP contribution in [0.4, 0.5) is 0 Å². The van der Waals surface area contributed by atoms with E-state index in [0.29, 0.717) is 16.1 Å². The highest BCUT2D eigenvalue weighted by Crippen LogP contribution is 2.33. The summed E-state index contributed by atoms with van der Waals surface area (Å²) in [7, 11) is 0. The number of hydrogen-bond donors (Lipinski definition) is 2. The predicted molar refractivity (Wildman–Crippen MR) is 131 cm³/mol. The third-order valence-electron chi connectivity index (χ3n) is 5.84. The molecule has 1 aliphatic heterocycles. The maximum absolute atomic E-state index is 13.8. The first kappa shape index (κ1) is 24.4. The van der Waals surface area contributed by atoms with Gasteiger partial charge in [0.05, 0.1) is 5.02 Å².